The van der Waals surface area contributed by atoms with E-state index in [-0.39, 0.29) is 11.1 Å². The van der Waals surface area contributed by atoms with E-state index in [0.717, 1.165) is 12.3 Å². The second kappa shape index (κ2) is 2.97. The van der Waals surface area contributed by atoms with Crippen molar-refractivity contribution in [2.75, 3.05) is 0 Å². The molecule has 0 spiro atoms. The molecule has 0 saturated heterocycles. The van der Waals surface area contributed by atoms with Crippen molar-refractivity contribution in [1.82, 2.24) is 5.32 Å². The third-order valence-corrected chi connectivity index (χ3v) is 3.65. The Morgan fingerprint density at radius 3 is 2.43 bits per heavy atom. The summed E-state index contributed by atoms with van der Waals surface area (Å²) in [6, 6.07) is 2.55. The molecule has 0 amide bonds. The van der Waals surface area contributed by atoms with Crippen LogP contribution in [-0.4, -0.2) is 11.1 Å². The molecule has 2 nitrogen and oxygen atoms in total. The zero-order valence-electron chi connectivity index (χ0n) is 9.43. The van der Waals surface area contributed by atoms with Gasteiger partial charge in [0.15, 0.2) is 0 Å². The van der Waals surface area contributed by atoms with E-state index in [1.807, 2.05) is 0 Å². The number of nitriles is 1. The second-order valence-corrected chi connectivity index (χ2v) is 6.04. The van der Waals surface area contributed by atoms with Gasteiger partial charge in [0, 0.05) is 5.54 Å². The van der Waals surface area contributed by atoms with Crippen LogP contribution >= 0.6 is 0 Å². The Hall–Kier alpha value is -0.550. The van der Waals surface area contributed by atoms with Crippen molar-refractivity contribution in [3.8, 4) is 6.07 Å². The molecule has 0 aromatic carbocycles. The van der Waals surface area contributed by atoms with Crippen LogP contribution in [0.5, 0.6) is 0 Å². The first-order valence-electron chi connectivity index (χ1n) is 5.66. The highest BCUT2D eigenvalue weighted by Gasteiger charge is 2.52. The average Bonchev–Trinajstić information content (AvgIpc) is 2.60. The van der Waals surface area contributed by atoms with Gasteiger partial charge in [0.1, 0.15) is 5.54 Å². The Balaban J connectivity index is 2.17. The third kappa shape index (κ3) is 1.54. The first kappa shape index (κ1) is 9.98. The summed E-state index contributed by atoms with van der Waals surface area (Å²) >= 11 is 0. The maximum Gasteiger partial charge on any atom is 0.110 e. The highest BCUT2D eigenvalue weighted by Crippen LogP contribution is 2.51. The van der Waals surface area contributed by atoms with Crippen LogP contribution in [0, 0.1) is 23.2 Å². The van der Waals surface area contributed by atoms with E-state index in [1.54, 1.807) is 0 Å². The molecule has 0 radical (unpaired) electrons. The van der Waals surface area contributed by atoms with E-state index in [0.29, 0.717) is 5.92 Å². The van der Waals surface area contributed by atoms with Gasteiger partial charge in [-0.25, -0.2) is 0 Å². The summed E-state index contributed by atoms with van der Waals surface area (Å²) in [5.41, 5.74) is -0.151. The monoisotopic (exact) mass is 192 g/mol. The van der Waals surface area contributed by atoms with Crippen LogP contribution < -0.4 is 5.32 Å². The van der Waals surface area contributed by atoms with Crippen LogP contribution in [0.1, 0.15) is 46.5 Å². The maximum absolute atomic E-state index is 9.39. The van der Waals surface area contributed by atoms with Gasteiger partial charge >= 0.3 is 0 Å². The molecule has 1 N–H and O–H groups in total. The standard InChI is InChI=1S/C12H20N2/c1-11(2,3)14-12(8-13)7-9-4-5-10(12)6-9/h9-10,14H,4-7H2,1-3H3. The minimum atomic E-state index is -0.207. The smallest absolute Gasteiger partial charge is 0.110 e. The van der Waals surface area contributed by atoms with Gasteiger partial charge in [-0.15, -0.1) is 0 Å². The van der Waals surface area contributed by atoms with Crippen LogP contribution in [-0.2, 0) is 0 Å². The maximum atomic E-state index is 9.39. The molecule has 0 heterocycles. The predicted octanol–water partition coefficient (Wildman–Crippen LogP) is 2.46. The fourth-order valence-corrected chi connectivity index (χ4v) is 3.32. The van der Waals surface area contributed by atoms with Gasteiger partial charge in [-0.1, -0.05) is 0 Å². The molecule has 0 aromatic heterocycles. The van der Waals surface area contributed by atoms with Gasteiger partial charge in [0.2, 0.25) is 0 Å². The fourth-order valence-electron chi connectivity index (χ4n) is 3.32. The summed E-state index contributed by atoms with van der Waals surface area (Å²) in [5.74, 6) is 1.42. The average molecular weight is 192 g/mol. The number of fused-ring (bicyclic) bond motifs is 2. The van der Waals surface area contributed by atoms with Crippen molar-refractivity contribution in [1.29, 1.82) is 5.26 Å². The van der Waals surface area contributed by atoms with Crippen LogP contribution in [0.3, 0.4) is 0 Å². The molecule has 14 heavy (non-hydrogen) atoms. The highest BCUT2D eigenvalue weighted by atomic mass is 15.1. The molecule has 2 fully saturated rings. The van der Waals surface area contributed by atoms with Gasteiger partial charge in [-0.2, -0.15) is 5.26 Å². The van der Waals surface area contributed by atoms with Crippen molar-refractivity contribution in [3.05, 3.63) is 0 Å². The lowest BCUT2D eigenvalue weighted by Gasteiger charge is -2.38. The molecule has 3 unspecified atom stereocenters. The van der Waals surface area contributed by atoms with Crippen LogP contribution in [0.15, 0.2) is 0 Å². The lowest BCUT2D eigenvalue weighted by atomic mass is 9.80. The quantitative estimate of drug-likeness (QED) is 0.692. The Kier molecular flexibility index (Phi) is 2.12. The number of hydrogen-bond acceptors (Lipinski definition) is 2. The van der Waals surface area contributed by atoms with E-state index in [2.05, 4.69) is 32.2 Å². The summed E-state index contributed by atoms with van der Waals surface area (Å²) in [4.78, 5) is 0. The number of rotatable bonds is 1. The lowest BCUT2D eigenvalue weighted by Crippen LogP contribution is -2.56. The Morgan fingerprint density at radius 2 is 2.07 bits per heavy atom. The molecule has 2 saturated carbocycles. The van der Waals surface area contributed by atoms with E-state index in [1.165, 1.54) is 19.3 Å². The Labute approximate surface area is 86.7 Å². The van der Waals surface area contributed by atoms with Crippen molar-refractivity contribution in [2.45, 2.75) is 57.5 Å². The zero-order chi connectivity index (χ0) is 10.4. The SMILES string of the molecule is CC(C)(C)NC1(C#N)CC2CCC1C2. The Bertz CT molecular complexity index is 271. The van der Waals surface area contributed by atoms with Gasteiger partial charge in [0.05, 0.1) is 6.07 Å². The topological polar surface area (TPSA) is 35.8 Å². The zero-order valence-corrected chi connectivity index (χ0v) is 9.43. The Morgan fingerprint density at radius 1 is 1.36 bits per heavy atom. The van der Waals surface area contributed by atoms with Crippen LogP contribution in [0.2, 0.25) is 0 Å². The first-order valence-corrected chi connectivity index (χ1v) is 5.66. The summed E-state index contributed by atoms with van der Waals surface area (Å²) in [6.45, 7) is 6.45. The van der Waals surface area contributed by atoms with E-state index in [4.69, 9.17) is 0 Å². The van der Waals surface area contributed by atoms with Crippen molar-refractivity contribution in [3.63, 3.8) is 0 Å². The molecular weight excluding hydrogens is 172 g/mol. The molecule has 2 aliphatic carbocycles. The van der Waals surface area contributed by atoms with Crippen molar-refractivity contribution >= 4 is 0 Å². The molecule has 0 aliphatic heterocycles. The molecule has 2 rings (SSSR count). The fraction of sp³-hybridized carbons (Fsp3) is 0.917. The molecule has 3 atom stereocenters. The first-order chi connectivity index (χ1) is 6.45. The minimum Gasteiger partial charge on any atom is -0.294 e. The summed E-state index contributed by atoms with van der Waals surface area (Å²) in [6.07, 6.45) is 4.95. The number of nitrogens with zero attached hydrogens (tertiary/aromatic N) is 1. The van der Waals surface area contributed by atoms with Crippen molar-refractivity contribution < 1.29 is 0 Å². The predicted molar refractivity (Wildman–Crippen MR) is 56.7 cm³/mol. The summed E-state index contributed by atoms with van der Waals surface area (Å²) in [5, 5.41) is 12.9. The number of hydrogen-bond donors (Lipinski definition) is 1. The largest absolute Gasteiger partial charge is 0.294 e. The van der Waals surface area contributed by atoms with Crippen LogP contribution in [0.4, 0.5) is 0 Å². The normalized spacial score (nSPS) is 41.3. The molecule has 2 heteroatoms. The minimum absolute atomic E-state index is 0.0558. The summed E-state index contributed by atoms with van der Waals surface area (Å²) < 4.78 is 0. The van der Waals surface area contributed by atoms with Gasteiger partial charge < -0.3 is 0 Å². The van der Waals surface area contributed by atoms with Crippen LogP contribution in [0.25, 0.3) is 0 Å². The van der Waals surface area contributed by atoms with Crippen molar-refractivity contribution in [2.24, 2.45) is 11.8 Å². The van der Waals surface area contributed by atoms with E-state index >= 15 is 0 Å². The molecule has 2 aliphatic rings. The van der Waals surface area contributed by atoms with Gasteiger partial charge in [-0.05, 0) is 58.3 Å². The van der Waals surface area contributed by atoms with Gasteiger partial charge in [0.25, 0.3) is 0 Å². The molecule has 0 aromatic rings. The molecule has 78 valence electrons. The highest BCUT2D eigenvalue weighted by molar-refractivity contribution is 5.19. The third-order valence-electron chi connectivity index (χ3n) is 3.65. The van der Waals surface area contributed by atoms with E-state index < -0.39 is 0 Å². The van der Waals surface area contributed by atoms with E-state index in [9.17, 15) is 5.26 Å². The summed E-state index contributed by atoms with van der Waals surface area (Å²) in [7, 11) is 0. The number of nitrogens with one attached hydrogen (secondary N) is 1. The second-order valence-electron chi connectivity index (χ2n) is 6.04. The molecular formula is C12H20N2. The lowest BCUT2D eigenvalue weighted by molar-refractivity contribution is 0.216. The molecule has 2 bridgehead atoms. The van der Waals surface area contributed by atoms with Gasteiger partial charge in [-0.3, -0.25) is 5.32 Å².